The summed E-state index contributed by atoms with van der Waals surface area (Å²) in [7, 11) is 1.63. The number of methoxy groups -OCH3 is 1. The second kappa shape index (κ2) is 5.76. The van der Waals surface area contributed by atoms with Crippen molar-refractivity contribution in [3.8, 4) is 5.75 Å². The van der Waals surface area contributed by atoms with E-state index < -0.39 is 0 Å². The number of hydrogen-bond donors (Lipinski definition) is 1. The minimum atomic E-state index is -0.223. The third-order valence-electron chi connectivity index (χ3n) is 3.27. The minimum Gasteiger partial charge on any atom is -0.495 e. The van der Waals surface area contributed by atoms with Gasteiger partial charge in [0.15, 0.2) is 0 Å². The molecule has 4 heteroatoms. The molecule has 0 bridgehead atoms. The van der Waals surface area contributed by atoms with Crippen LogP contribution in [0.2, 0.25) is 0 Å². The molecule has 1 N–H and O–H groups in total. The molecular weight excluding hydrogens is 228 g/mol. The number of nitrogens with zero attached hydrogens (tertiary/aromatic N) is 1. The van der Waals surface area contributed by atoms with Crippen molar-refractivity contribution in [1.29, 1.82) is 0 Å². The van der Waals surface area contributed by atoms with E-state index in [0.717, 1.165) is 37.4 Å². The molecule has 1 heterocycles. The number of amides is 1. The molecule has 0 radical (unpaired) electrons. The van der Waals surface area contributed by atoms with E-state index in [4.69, 9.17) is 4.74 Å². The highest BCUT2D eigenvalue weighted by Gasteiger charge is 2.23. The van der Waals surface area contributed by atoms with E-state index in [-0.39, 0.29) is 11.9 Å². The smallest absolute Gasteiger partial charge is 0.244 e. The van der Waals surface area contributed by atoms with E-state index in [0.29, 0.717) is 0 Å². The van der Waals surface area contributed by atoms with Crippen molar-refractivity contribution in [3.63, 3.8) is 0 Å². The van der Waals surface area contributed by atoms with Gasteiger partial charge in [0.1, 0.15) is 11.8 Å². The van der Waals surface area contributed by atoms with Crippen molar-refractivity contribution in [2.75, 3.05) is 25.5 Å². The first-order valence-electron chi connectivity index (χ1n) is 6.40. The Kier molecular flexibility index (Phi) is 4.07. The van der Waals surface area contributed by atoms with Crippen molar-refractivity contribution in [2.45, 2.75) is 25.8 Å². The number of carbonyl (C=O) groups is 1. The number of hydrogen-bond acceptors (Lipinski definition) is 3. The summed E-state index contributed by atoms with van der Waals surface area (Å²) in [5, 5.41) is 3.22. The molecule has 1 aromatic rings. The third-order valence-corrected chi connectivity index (χ3v) is 3.27. The van der Waals surface area contributed by atoms with Gasteiger partial charge in [-0.25, -0.2) is 0 Å². The van der Waals surface area contributed by atoms with E-state index in [9.17, 15) is 4.79 Å². The summed E-state index contributed by atoms with van der Waals surface area (Å²) in [5.41, 5.74) is 0.861. The molecule has 0 spiro atoms. The van der Waals surface area contributed by atoms with Gasteiger partial charge in [-0.1, -0.05) is 12.1 Å². The van der Waals surface area contributed by atoms with Crippen LogP contribution in [0.1, 0.15) is 19.8 Å². The number of anilines is 1. The average molecular weight is 248 g/mol. The zero-order valence-electron chi connectivity index (χ0n) is 11.0. The van der Waals surface area contributed by atoms with Crippen LogP contribution in [0.4, 0.5) is 5.69 Å². The van der Waals surface area contributed by atoms with Gasteiger partial charge in [-0.05, 0) is 31.9 Å². The predicted molar refractivity (Wildman–Crippen MR) is 71.9 cm³/mol. The van der Waals surface area contributed by atoms with Gasteiger partial charge >= 0.3 is 0 Å². The molecule has 1 amide bonds. The van der Waals surface area contributed by atoms with Gasteiger partial charge in [-0.15, -0.1) is 0 Å². The molecule has 0 aliphatic carbocycles. The maximum absolute atomic E-state index is 12.2. The first kappa shape index (κ1) is 12.7. The Balaban J connectivity index is 2.01. The Labute approximate surface area is 108 Å². The lowest BCUT2D eigenvalue weighted by Crippen LogP contribution is -2.39. The van der Waals surface area contributed by atoms with Crippen LogP contribution in [-0.2, 0) is 4.79 Å². The summed E-state index contributed by atoms with van der Waals surface area (Å²) in [4.78, 5) is 14.1. The average Bonchev–Trinajstić information content (AvgIpc) is 2.92. The Morgan fingerprint density at radius 3 is 2.67 bits per heavy atom. The summed E-state index contributed by atoms with van der Waals surface area (Å²) in [5.74, 6) is 0.928. The second-order valence-corrected chi connectivity index (χ2v) is 4.60. The highest BCUT2D eigenvalue weighted by molar-refractivity contribution is 5.85. The van der Waals surface area contributed by atoms with Crippen LogP contribution < -0.4 is 10.1 Å². The van der Waals surface area contributed by atoms with Crippen molar-refractivity contribution in [2.24, 2.45) is 0 Å². The maximum atomic E-state index is 12.2. The molecule has 4 nitrogen and oxygen atoms in total. The minimum absolute atomic E-state index is 0.165. The SMILES string of the molecule is COc1ccccc1NC(C)C(=O)N1CCCC1. The monoisotopic (exact) mass is 248 g/mol. The predicted octanol–water partition coefficient (Wildman–Crippen LogP) is 2.12. The standard InChI is InChI=1S/C14H20N2O2/c1-11(14(17)16-9-5-6-10-16)15-12-7-3-4-8-13(12)18-2/h3-4,7-8,11,15H,5-6,9-10H2,1-2H3. The van der Waals surface area contributed by atoms with Crippen molar-refractivity contribution >= 4 is 11.6 Å². The van der Waals surface area contributed by atoms with Crippen LogP contribution in [-0.4, -0.2) is 37.0 Å². The molecule has 0 aromatic heterocycles. The third kappa shape index (κ3) is 2.75. The first-order chi connectivity index (χ1) is 8.72. The van der Waals surface area contributed by atoms with E-state index in [1.165, 1.54) is 0 Å². The van der Waals surface area contributed by atoms with Crippen molar-refractivity contribution < 1.29 is 9.53 Å². The van der Waals surface area contributed by atoms with Crippen molar-refractivity contribution in [3.05, 3.63) is 24.3 Å². The topological polar surface area (TPSA) is 41.6 Å². The second-order valence-electron chi connectivity index (χ2n) is 4.60. The van der Waals surface area contributed by atoms with Gasteiger partial charge in [-0.2, -0.15) is 0 Å². The van der Waals surface area contributed by atoms with E-state index in [1.54, 1.807) is 7.11 Å². The number of para-hydroxylation sites is 2. The largest absolute Gasteiger partial charge is 0.495 e. The Bertz CT molecular complexity index is 414. The van der Waals surface area contributed by atoms with Crippen LogP contribution in [0.3, 0.4) is 0 Å². The van der Waals surface area contributed by atoms with Crippen LogP contribution in [0.15, 0.2) is 24.3 Å². The molecule has 1 unspecified atom stereocenters. The number of ether oxygens (including phenoxy) is 1. The van der Waals surface area contributed by atoms with E-state index in [1.807, 2.05) is 36.1 Å². The molecular formula is C14H20N2O2. The van der Waals surface area contributed by atoms with Crippen molar-refractivity contribution in [1.82, 2.24) is 4.90 Å². The molecule has 1 aliphatic heterocycles. The fraction of sp³-hybridized carbons (Fsp3) is 0.500. The van der Waals surface area contributed by atoms with Crippen LogP contribution >= 0.6 is 0 Å². The van der Waals surface area contributed by atoms with Crippen LogP contribution in [0.25, 0.3) is 0 Å². The summed E-state index contributed by atoms with van der Waals surface area (Å²) >= 11 is 0. The lowest BCUT2D eigenvalue weighted by molar-refractivity contribution is -0.130. The van der Waals surface area contributed by atoms with Crippen LogP contribution in [0, 0.1) is 0 Å². The summed E-state index contributed by atoms with van der Waals surface area (Å²) in [6.45, 7) is 3.67. The number of nitrogens with one attached hydrogen (secondary N) is 1. The molecule has 1 saturated heterocycles. The fourth-order valence-electron chi connectivity index (χ4n) is 2.27. The van der Waals surface area contributed by atoms with Gasteiger partial charge in [0, 0.05) is 13.1 Å². The normalized spacial score (nSPS) is 16.4. The first-order valence-corrected chi connectivity index (χ1v) is 6.40. The quantitative estimate of drug-likeness (QED) is 0.887. The molecule has 98 valence electrons. The van der Waals surface area contributed by atoms with E-state index in [2.05, 4.69) is 5.32 Å². The maximum Gasteiger partial charge on any atom is 0.244 e. The number of carbonyl (C=O) groups excluding carboxylic acids is 1. The lowest BCUT2D eigenvalue weighted by atomic mass is 10.2. The van der Waals surface area contributed by atoms with Gasteiger partial charge in [0.25, 0.3) is 0 Å². The molecule has 18 heavy (non-hydrogen) atoms. The number of benzene rings is 1. The molecule has 1 aliphatic rings. The molecule has 1 fully saturated rings. The van der Waals surface area contributed by atoms with Gasteiger partial charge in [-0.3, -0.25) is 4.79 Å². The molecule has 2 rings (SSSR count). The highest BCUT2D eigenvalue weighted by Crippen LogP contribution is 2.24. The lowest BCUT2D eigenvalue weighted by Gasteiger charge is -2.22. The zero-order chi connectivity index (χ0) is 13.0. The molecule has 1 atom stereocenters. The summed E-state index contributed by atoms with van der Waals surface area (Å²) < 4.78 is 5.26. The zero-order valence-corrected chi connectivity index (χ0v) is 11.0. The summed E-state index contributed by atoms with van der Waals surface area (Å²) in [6, 6.07) is 7.43. The number of likely N-dealkylation sites (tertiary alicyclic amines) is 1. The fourth-order valence-corrected chi connectivity index (χ4v) is 2.27. The molecule has 1 aromatic carbocycles. The number of rotatable bonds is 4. The Morgan fingerprint density at radius 1 is 1.33 bits per heavy atom. The van der Waals surface area contributed by atoms with Gasteiger partial charge in [0.2, 0.25) is 5.91 Å². The Hall–Kier alpha value is -1.71. The van der Waals surface area contributed by atoms with Gasteiger partial charge < -0.3 is 15.0 Å². The Morgan fingerprint density at radius 2 is 2.00 bits per heavy atom. The summed E-state index contributed by atoms with van der Waals surface area (Å²) in [6.07, 6.45) is 2.24. The van der Waals surface area contributed by atoms with E-state index >= 15 is 0 Å². The molecule has 0 saturated carbocycles. The van der Waals surface area contributed by atoms with Crippen LogP contribution in [0.5, 0.6) is 5.75 Å². The highest BCUT2D eigenvalue weighted by atomic mass is 16.5. The van der Waals surface area contributed by atoms with Gasteiger partial charge in [0.05, 0.1) is 12.8 Å².